The number of hydrogen-bond acceptors (Lipinski definition) is 1. The lowest BCUT2D eigenvalue weighted by Crippen LogP contribution is -2.12. The molecule has 0 aliphatic rings. The molecule has 0 saturated heterocycles. The van der Waals surface area contributed by atoms with Crippen molar-refractivity contribution < 1.29 is 14.4 Å². The van der Waals surface area contributed by atoms with Crippen LogP contribution in [0.2, 0.25) is 0 Å². The summed E-state index contributed by atoms with van der Waals surface area (Å²) in [6.07, 6.45) is 16.6. The first-order valence-corrected chi connectivity index (χ1v) is 14.0. The first-order valence-electron chi connectivity index (χ1n) is 12.4. The fourth-order valence-electron chi connectivity index (χ4n) is 4.09. The van der Waals surface area contributed by atoms with Crippen LogP contribution in [0.5, 0.6) is 0 Å². The smallest absolute Gasteiger partial charge is 0.321 e. The van der Waals surface area contributed by atoms with Gasteiger partial charge in [0.1, 0.15) is 0 Å². The van der Waals surface area contributed by atoms with E-state index < -0.39 is 7.60 Å². The Balaban J connectivity index is 2.45. The van der Waals surface area contributed by atoms with Crippen LogP contribution in [0, 0.1) is 11.8 Å². The lowest BCUT2D eigenvalue weighted by Gasteiger charge is -2.13. The van der Waals surface area contributed by atoms with E-state index in [0.717, 1.165) is 49.5 Å². The van der Waals surface area contributed by atoms with Gasteiger partial charge in [0.2, 0.25) is 0 Å². The molecule has 3 nitrogen and oxygen atoms in total. The summed E-state index contributed by atoms with van der Waals surface area (Å²) in [6.45, 7) is 9.10. The minimum Gasteiger partial charge on any atom is -0.321 e. The van der Waals surface area contributed by atoms with Crippen LogP contribution in [0.15, 0.2) is 18.2 Å². The Morgan fingerprint density at radius 1 is 0.700 bits per heavy atom. The summed E-state index contributed by atoms with van der Waals surface area (Å²) in [4.78, 5) is 19.5. The van der Waals surface area contributed by atoms with Crippen molar-refractivity contribution >= 4 is 12.9 Å². The van der Waals surface area contributed by atoms with Crippen molar-refractivity contribution in [3.8, 4) is 0 Å². The van der Waals surface area contributed by atoms with Crippen molar-refractivity contribution in [1.82, 2.24) is 0 Å². The number of benzene rings is 1. The van der Waals surface area contributed by atoms with Gasteiger partial charge >= 0.3 is 7.60 Å². The highest BCUT2D eigenvalue weighted by molar-refractivity contribution is 7.60. The number of hydrogen-bond donors (Lipinski definition) is 2. The molecule has 1 aromatic rings. The number of unbranched alkanes of at least 4 members (excludes halogenated alkanes) is 8. The first-order chi connectivity index (χ1) is 14.2. The van der Waals surface area contributed by atoms with E-state index in [4.69, 9.17) is 0 Å². The van der Waals surface area contributed by atoms with Crippen LogP contribution < -0.4 is 5.30 Å². The molecule has 0 aromatic heterocycles. The second kappa shape index (κ2) is 15.2. The Hall–Kier alpha value is -0.630. The highest BCUT2D eigenvalue weighted by Crippen LogP contribution is 2.35. The average molecular weight is 439 g/mol. The molecule has 0 amide bonds. The van der Waals surface area contributed by atoms with Crippen LogP contribution in [0.25, 0.3) is 0 Å². The summed E-state index contributed by atoms with van der Waals surface area (Å²) < 4.78 is 11.9. The van der Waals surface area contributed by atoms with Gasteiger partial charge in [0.05, 0.1) is 5.30 Å². The molecule has 1 aromatic carbocycles. The average Bonchev–Trinajstić information content (AvgIpc) is 2.65. The van der Waals surface area contributed by atoms with Gasteiger partial charge in [0.15, 0.2) is 0 Å². The van der Waals surface area contributed by atoms with Crippen LogP contribution >= 0.6 is 7.60 Å². The third-order valence-corrected chi connectivity index (χ3v) is 7.00. The third kappa shape index (κ3) is 12.9. The molecule has 0 fully saturated rings. The van der Waals surface area contributed by atoms with E-state index in [2.05, 4.69) is 33.8 Å². The van der Waals surface area contributed by atoms with Crippen molar-refractivity contribution in [2.24, 2.45) is 11.8 Å². The molecule has 2 N–H and O–H groups in total. The summed E-state index contributed by atoms with van der Waals surface area (Å²) in [5.74, 6) is 1.58. The third-order valence-electron chi connectivity index (χ3n) is 5.93. The maximum Gasteiger partial charge on any atom is 0.356 e. The zero-order chi connectivity index (χ0) is 22.4. The van der Waals surface area contributed by atoms with Crippen LogP contribution in [-0.2, 0) is 17.4 Å². The maximum absolute atomic E-state index is 11.9. The van der Waals surface area contributed by atoms with Gasteiger partial charge in [-0.1, -0.05) is 104 Å². The van der Waals surface area contributed by atoms with Crippen LogP contribution in [0.3, 0.4) is 0 Å². The minimum absolute atomic E-state index is 0.236. The van der Waals surface area contributed by atoms with Gasteiger partial charge in [-0.05, 0) is 54.7 Å². The molecule has 4 heteroatoms. The predicted octanol–water partition coefficient (Wildman–Crippen LogP) is 7.57. The molecule has 0 aliphatic carbocycles. The summed E-state index contributed by atoms with van der Waals surface area (Å²) >= 11 is 0. The molecular formula is C26H47O3P. The number of aryl methyl sites for hydroxylation is 2. The van der Waals surface area contributed by atoms with Crippen molar-refractivity contribution in [2.45, 2.75) is 118 Å². The Morgan fingerprint density at radius 3 is 1.67 bits per heavy atom. The summed E-state index contributed by atoms with van der Waals surface area (Å²) in [7, 11) is -4.21. The molecular weight excluding hydrogens is 391 g/mol. The first kappa shape index (κ1) is 27.4. The van der Waals surface area contributed by atoms with E-state index in [1.807, 2.05) is 6.07 Å². The fraction of sp³-hybridized carbons (Fsp3) is 0.769. The largest absolute Gasteiger partial charge is 0.356 e. The van der Waals surface area contributed by atoms with Gasteiger partial charge in [0.25, 0.3) is 0 Å². The SMILES string of the molecule is CC(C)CCCCCCCc1ccc(P(=O)(O)O)c(CCCCCCCC(C)C)c1. The van der Waals surface area contributed by atoms with Crippen LogP contribution in [0.4, 0.5) is 0 Å². The number of rotatable bonds is 17. The van der Waals surface area contributed by atoms with Gasteiger partial charge in [-0.3, -0.25) is 4.57 Å². The molecule has 0 aliphatic heterocycles. The topological polar surface area (TPSA) is 57.5 Å². The molecule has 0 saturated carbocycles. The summed E-state index contributed by atoms with van der Waals surface area (Å²) in [5, 5.41) is 0.236. The molecule has 0 unspecified atom stereocenters. The molecule has 0 radical (unpaired) electrons. The van der Waals surface area contributed by atoms with Gasteiger partial charge in [-0.15, -0.1) is 0 Å². The summed E-state index contributed by atoms with van der Waals surface area (Å²) in [5.41, 5.74) is 2.08. The van der Waals surface area contributed by atoms with Crippen molar-refractivity contribution in [1.29, 1.82) is 0 Å². The second-order valence-corrected chi connectivity index (χ2v) is 11.5. The van der Waals surface area contributed by atoms with E-state index in [1.165, 1.54) is 63.4 Å². The molecule has 1 rings (SSSR count). The minimum atomic E-state index is -4.21. The predicted molar refractivity (Wildman–Crippen MR) is 131 cm³/mol. The Morgan fingerprint density at radius 2 is 1.17 bits per heavy atom. The Kier molecular flexibility index (Phi) is 13.9. The van der Waals surface area contributed by atoms with Crippen LogP contribution in [0.1, 0.15) is 116 Å². The highest BCUT2D eigenvalue weighted by atomic mass is 31.2. The van der Waals surface area contributed by atoms with Gasteiger partial charge < -0.3 is 9.79 Å². The molecule has 30 heavy (non-hydrogen) atoms. The highest BCUT2D eigenvalue weighted by Gasteiger charge is 2.21. The molecule has 0 heterocycles. The van der Waals surface area contributed by atoms with Gasteiger partial charge in [-0.2, -0.15) is 0 Å². The quantitative estimate of drug-likeness (QED) is 0.195. The van der Waals surface area contributed by atoms with Crippen molar-refractivity contribution in [3.05, 3.63) is 29.3 Å². The molecule has 0 bridgehead atoms. The lowest BCUT2D eigenvalue weighted by atomic mass is 9.99. The van der Waals surface area contributed by atoms with E-state index in [-0.39, 0.29) is 5.30 Å². The molecule has 174 valence electrons. The van der Waals surface area contributed by atoms with Crippen LogP contribution in [-0.4, -0.2) is 9.79 Å². The van der Waals surface area contributed by atoms with E-state index in [1.54, 1.807) is 6.07 Å². The summed E-state index contributed by atoms with van der Waals surface area (Å²) in [6, 6.07) is 5.66. The van der Waals surface area contributed by atoms with E-state index >= 15 is 0 Å². The van der Waals surface area contributed by atoms with Gasteiger partial charge in [0, 0.05) is 0 Å². The Bertz CT molecular complexity index is 619. The zero-order valence-corrected chi connectivity index (χ0v) is 20.9. The molecule has 0 spiro atoms. The monoisotopic (exact) mass is 438 g/mol. The molecule has 0 atom stereocenters. The maximum atomic E-state index is 11.9. The zero-order valence-electron chi connectivity index (χ0n) is 20.0. The normalized spacial score (nSPS) is 12.3. The Labute approximate surface area is 186 Å². The standard InChI is InChI=1S/C26H47O3P/c1-22(2)15-11-7-5-9-13-17-24-19-20-26(30(27,28)29)25(21-24)18-14-10-6-8-12-16-23(3)4/h19-23H,5-18H2,1-4H3,(H2,27,28,29). The van der Waals surface area contributed by atoms with E-state index in [0.29, 0.717) is 0 Å². The van der Waals surface area contributed by atoms with Crippen molar-refractivity contribution in [2.75, 3.05) is 0 Å². The van der Waals surface area contributed by atoms with E-state index in [9.17, 15) is 14.4 Å². The van der Waals surface area contributed by atoms with Crippen molar-refractivity contribution in [3.63, 3.8) is 0 Å². The second-order valence-electron chi connectivity index (χ2n) is 9.91. The lowest BCUT2D eigenvalue weighted by molar-refractivity contribution is 0.387. The fourth-order valence-corrected chi connectivity index (χ4v) is 4.91. The van der Waals surface area contributed by atoms with Gasteiger partial charge in [-0.25, -0.2) is 0 Å².